The van der Waals surface area contributed by atoms with E-state index in [0.717, 1.165) is 53.6 Å². The zero-order valence-corrected chi connectivity index (χ0v) is 29.1. The lowest BCUT2D eigenvalue weighted by atomic mass is 9.72. The molecule has 2 aromatic heterocycles. The SMILES string of the molecule is C=Cc1nc2c3ccc(-c4cccc(-c5cc6c(c7ccccc57)C=C(C5=CCCC=C5)[C@@H]5CCC=CC=C65)c4)cc3c3ccccc3n2c1C=C. The highest BCUT2D eigenvalue weighted by atomic mass is 15.0. The van der Waals surface area contributed by atoms with E-state index in [1.807, 2.05) is 12.2 Å². The summed E-state index contributed by atoms with van der Waals surface area (Å²) in [7, 11) is 0. The Labute approximate surface area is 304 Å². The molecule has 2 heterocycles. The lowest BCUT2D eigenvalue weighted by Gasteiger charge is -2.31. The Morgan fingerprint density at radius 3 is 2.33 bits per heavy atom. The summed E-state index contributed by atoms with van der Waals surface area (Å²) in [5.74, 6) is 0.385. The van der Waals surface area contributed by atoms with Gasteiger partial charge in [-0.2, -0.15) is 0 Å². The highest BCUT2D eigenvalue weighted by molar-refractivity contribution is 6.13. The molecule has 0 spiro atoms. The van der Waals surface area contributed by atoms with Crippen molar-refractivity contribution in [3.8, 4) is 22.3 Å². The number of aromatic nitrogens is 2. The first-order valence-corrected chi connectivity index (χ1v) is 18.5. The molecule has 7 aromatic rings. The van der Waals surface area contributed by atoms with Gasteiger partial charge in [0, 0.05) is 16.7 Å². The van der Waals surface area contributed by atoms with Gasteiger partial charge in [-0.1, -0.05) is 116 Å². The zero-order valence-electron chi connectivity index (χ0n) is 29.1. The van der Waals surface area contributed by atoms with Gasteiger partial charge in [-0.05, 0) is 141 Å². The topological polar surface area (TPSA) is 17.3 Å². The fourth-order valence-electron chi connectivity index (χ4n) is 8.93. The van der Waals surface area contributed by atoms with Gasteiger partial charge in [0.05, 0.1) is 16.9 Å². The van der Waals surface area contributed by atoms with Crippen molar-refractivity contribution in [1.82, 2.24) is 9.38 Å². The first-order chi connectivity index (χ1) is 25.7. The summed E-state index contributed by atoms with van der Waals surface area (Å²) >= 11 is 0. The molecule has 2 heteroatoms. The molecule has 0 amide bonds. The normalized spacial score (nSPS) is 16.7. The Morgan fingerprint density at radius 2 is 1.48 bits per heavy atom. The predicted molar refractivity (Wildman–Crippen MR) is 223 cm³/mol. The van der Waals surface area contributed by atoms with E-state index in [4.69, 9.17) is 4.98 Å². The maximum Gasteiger partial charge on any atom is 0.146 e. The van der Waals surface area contributed by atoms with E-state index in [1.165, 1.54) is 71.6 Å². The smallest absolute Gasteiger partial charge is 0.146 e. The maximum atomic E-state index is 5.02. The monoisotopic (exact) mass is 666 g/mol. The van der Waals surface area contributed by atoms with Crippen LogP contribution in [-0.2, 0) is 0 Å². The fourth-order valence-corrected chi connectivity index (χ4v) is 8.93. The van der Waals surface area contributed by atoms with Crippen molar-refractivity contribution in [2.24, 2.45) is 5.92 Å². The highest BCUT2D eigenvalue weighted by Crippen LogP contribution is 2.49. The van der Waals surface area contributed by atoms with Gasteiger partial charge in [0.25, 0.3) is 0 Å². The van der Waals surface area contributed by atoms with Gasteiger partial charge in [0.1, 0.15) is 5.65 Å². The quantitative estimate of drug-likeness (QED) is 0.167. The Bertz CT molecular complexity index is 2830. The predicted octanol–water partition coefficient (Wildman–Crippen LogP) is 13.4. The molecule has 0 radical (unpaired) electrons. The fraction of sp³-hybridized carbons (Fsp3) is 0.100. The Morgan fingerprint density at radius 1 is 0.654 bits per heavy atom. The molecule has 10 rings (SSSR count). The van der Waals surface area contributed by atoms with E-state index in [0.29, 0.717) is 5.92 Å². The average molecular weight is 667 g/mol. The largest absolute Gasteiger partial charge is 0.292 e. The average Bonchev–Trinajstić information content (AvgIpc) is 3.42. The van der Waals surface area contributed by atoms with Gasteiger partial charge in [-0.3, -0.25) is 4.40 Å². The van der Waals surface area contributed by atoms with Crippen molar-refractivity contribution in [1.29, 1.82) is 0 Å². The van der Waals surface area contributed by atoms with Gasteiger partial charge >= 0.3 is 0 Å². The molecule has 3 aliphatic carbocycles. The van der Waals surface area contributed by atoms with E-state index in [-0.39, 0.29) is 0 Å². The van der Waals surface area contributed by atoms with Crippen molar-refractivity contribution in [3.05, 3.63) is 180 Å². The minimum Gasteiger partial charge on any atom is -0.292 e. The molecule has 3 aliphatic rings. The molecule has 0 N–H and O–H groups in total. The molecule has 248 valence electrons. The molecule has 52 heavy (non-hydrogen) atoms. The van der Waals surface area contributed by atoms with E-state index in [1.54, 1.807) is 0 Å². The van der Waals surface area contributed by atoms with Crippen LogP contribution in [0.2, 0.25) is 0 Å². The third-order valence-corrected chi connectivity index (χ3v) is 11.3. The van der Waals surface area contributed by atoms with Crippen LogP contribution in [0.4, 0.5) is 0 Å². The van der Waals surface area contributed by atoms with Gasteiger partial charge in [0.15, 0.2) is 0 Å². The van der Waals surface area contributed by atoms with Crippen LogP contribution < -0.4 is 0 Å². The third kappa shape index (κ3) is 4.68. The first-order valence-electron chi connectivity index (χ1n) is 18.5. The van der Waals surface area contributed by atoms with Crippen molar-refractivity contribution < 1.29 is 0 Å². The van der Waals surface area contributed by atoms with Crippen LogP contribution in [0.25, 0.3) is 84.1 Å². The standard InChI is InChI=1S/C50H38N2/c1-3-47-48(4-2)52-49-25-14-13-24-40(49)44-29-34(26-27-41(44)50(52)51-47)33-18-15-19-35(28-33)43-31-46-38-21-10-6-9-20-36(38)42(32-16-7-5-8-17-32)30-45(46)39-23-12-11-22-37(39)43/h3-4,6-7,10-19,21-31,36H,1-2,5,8-9,20H2/t36-/m1/s1. The lowest BCUT2D eigenvalue weighted by molar-refractivity contribution is 0.711. The molecule has 0 fully saturated rings. The number of hydrogen-bond acceptors (Lipinski definition) is 1. The van der Waals surface area contributed by atoms with Crippen molar-refractivity contribution in [3.63, 3.8) is 0 Å². The van der Waals surface area contributed by atoms with Gasteiger partial charge in [0.2, 0.25) is 0 Å². The summed E-state index contributed by atoms with van der Waals surface area (Å²) in [4.78, 5) is 5.02. The molecule has 0 unspecified atom stereocenters. The number of benzene rings is 5. The van der Waals surface area contributed by atoms with Crippen molar-refractivity contribution in [2.75, 3.05) is 0 Å². The number of rotatable bonds is 5. The zero-order chi connectivity index (χ0) is 34.8. The summed E-state index contributed by atoms with van der Waals surface area (Å²) < 4.78 is 2.22. The Kier molecular flexibility index (Phi) is 7.18. The number of allylic oxidation sites excluding steroid dienone is 9. The minimum absolute atomic E-state index is 0.385. The van der Waals surface area contributed by atoms with E-state index >= 15 is 0 Å². The van der Waals surface area contributed by atoms with E-state index in [9.17, 15) is 0 Å². The van der Waals surface area contributed by atoms with E-state index < -0.39 is 0 Å². The number of fused-ring (bicyclic) bond motifs is 11. The molecule has 0 aliphatic heterocycles. The number of pyridine rings is 1. The number of imidazole rings is 1. The van der Waals surface area contributed by atoms with Crippen LogP contribution in [-0.4, -0.2) is 9.38 Å². The summed E-state index contributed by atoms with van der Waals surface area (Å²) in [6, 6.07) is 36.0. The molecular weight excluding hydrogens is 629 g/mol. The van der Waals surface area contributed by atoms with Gasteiger partial charge in [-0.25, -0.2) is 4.98 Å². The molecule has 2 nitrogen and oxygen atoms in total. The summed E-state index contributed by atoms with van der Waals surface area (Å²) in [6.07, 6.45) is 24.8. The van der Waals surface area contributed by atoms with E-state index in [2.05, 4.69) is 157 Å². The van der Waals surface area contributed by atoms with Crippen molar-refractivity contribution in [2.45, 2.75) is 25.7 Å². The first kappa shape index (κ1) is 30.6. The molecule has 0 bridgehead atoms. The summed E-state index contributed by atoms with van der Waals surface area (Å²) in [5, 5.41) is 6.08. The maximum absolute atomic E-state index is 5.02. The van der Waals surface area contributed by atoms with Gasteiger partial charge in [-0.15, -0.1) is 0 Å². The number of para-hydroxylation sites is 1. The Balaban J connectivity index is 1.16. The van der Waals surface area contributed by atoms with Crippen molar-refractivity contribution >= 4 is 61.9 Å². The van der Waals surface area contributed by atoms with Crippen LogP contribution >= 0.6 is 0 Å². The highest BCUT2D eigenvalue weighted by Gasteiger charge is 2.30. The minimum atomic E-state index is 0.385. The van der Waals surface area contributed by atoms with Crippen LogP contribution in [0.5, 0.6) is 0 Å². The number of hydrogen-bond donors (Lipinski definition) is 0. The second-order valence-corrected chi connectivity index (χ2v) is 14.2. The van der Waals surface area contributed by atoms with Crippen LogP contribution in [0, 0.1) is 5.92 Å². The number of nitrogens with zero attached hydrogens (tertiary/aromatic N) is 2. The molecule has 0 saturated heterocycles. The van der Waals surface area contributed by atoms with Crippen LogP contribution in [0.3, 0.4) is 0 Å². The molecule has 5 aromatic carbocycles. The molecular formula is C50H38N2. The summed E-state index contributed by atoms with van der Waals surface area (Å²) in [5.41, 5.74) is 15.7. The second kappa shape index (κ2) is 12.2. The van der Waals surface area contributed by atoms with Crippen LogP contribution in [0.1, 0.15) is 48.2 Å². The lowest BCUT2D eigenvalue weighted by Crippen LogP contribution is -2.14. The second-order valence-electron chi connectivity index (χ2n) is 14.2. The van der Waals surface area contributed by atoms with Crippen LogP contribution in [0.15, 0.2) is 158 Å². The molecule has 0 saturated carbocycles. The van der Waals surface area contributed by atoms with Gasteiger partial charge < -0.3 is 0 Å². The third-order valence-electron chi connectivity index (χ3n) is 11.3. The summed E-state index contributed by atoms with van der Waals surface area (Å²) in [6.45, 7) is 8.14. The Hall–Kier alpha value is -6.25. The molecule has 1 atom stereocenters.